The topological polar surface area (TPSA) is 73.1 Å². The van der Waals surface area contributed by atoms with Crippen LogP contribution in [-0.4, -0.2) is 16.1 Å². The highest BCUT2D eigenvalue weighted by Gasteiger charge is 2.28. The number of hydrogen-bond acceptors (Lipinski definition) is 5. The number of rotatable bonds is 3. The molecule has 1 aromatic heterocycles. The number of ether oxygens (including phenoxy) is 1. The van der Waals surface area contributed by atoms with Gasteiger partial charge in [0.05, 0.1) is 0 Å². The zero-order valence-corrected chi connectivity index (χ0v) is 11.4. The van der Waals surface area contributed by atoms with Crippen LogP contribution in [0.3, 0.4) is 0 Å². The van der Waals surface area contributed by atoms with Crippen LogP contribution in [0, 0.1) is 12.3 Å². The average molecular weight is 250 g/mol. The Balaban J connectivity index is 2.00. The normalized spacial score (nSPS) is 19.6. The minimum atomic E-state index is 0.262. The third-order valence-electron chi connectivity index (χ3n) is 3.53. The Morgan fingerprint density at radius 3 is 2.61 bits per heavy atom. The largest absolute Gasteiger partial charge is 0.474 e. The van der Waals surface area contributed by atoms with Gasteiger partial charge in [0.15, 0.2) is 0 Å². The smallest absolute Gasteiger partial charge is 0.240 e. The van der Waals surface area contributed by atoms with Gasteiger partial charge in [0, 0.05) is 11.8 Å². The Morgan fingerprint density at radius 1 is 1.33 bits per heavy atom. The minimum Gasteiger partial charge on any atom is -0.474 e. The molecule has 0 amide bonds. The summed E-state index contributed by atoms with van der Waals surface area (Å²) >= 11 is 0. The van der Waals surface area contributed by atoms with Gasteiger partial charge >= 0.3 is 0 Å². The van der Waals surface area contributed by atoms with Gasteiger partial charge in [-0.15, -0.1) is 0 Å². The predicted molar refractivity (Wildman–Crippen MR) is 71.2 cm³/mol. The fourth-order valence-electron chi connectivity index (χ4n) is 2.33. The van der Waals surface area contributed by atoms with Crippen molar-refractivity contribution in [3.05, 3.63) is 11.8 Å². The Morgan fingerprint density at radius 2 is 2.00 bits per heavy atom. The van der Waals surface area contributed by atoms with Crippen LogP contribution in [0.25, 0.3) is 0 Å². The van der Waals surface area contributed by atoms with Crippen LogP contribution in [0.4, 0.5) is 5.95 Å². The highest BCUT2D eigenvalue weighted by Crippen LogP contribution is 2.36. The van der Waals surface area contributed by atoms with Gasteiger partial charge in [0.1, 0.15) is 6.10 Å². The van der Waals surface area contributed by atoms with E-state index >= 15 is 0 Å². The molecule has 5 heteroatoms. The summed E-state index contributed by atoms with van der Waals surface area (Å²) in [5, 5.41) is 0. The lowest BCUT2D eigenvalue weighted by molar-refractivity contribution is 0.0948. The second-order valence-corrected chi connectivity index (χ2v) is 5.80. The van der Waals surface area contributed by atoms with E-state index in [1.54, 1.807) is 0 Å². The highest BCUT2D eigenvalue weighted by atomic mass is 16.5. The molecule has 0 bridgehead atoms. The Hall–Kier alpha value is -1.36. The van der Waals surface area contributed by atoms with Gasteiger partial charge in [0.2, 0.25) is 11.8 Å². The molecular weight excluding hydrogens is 228 g/mol. The molecule has 0 aliphatic heterocycles. The molecule has 1 aliphatic carbocycles. The van der Waals surface area contributed by atoms with Gasteiger partial charge in [-0.2, -0.15) is 4.98 Å². The van der Waals surface area contributed by atoms with E-state index in [0.717, 1.165) is 18.5 Å². The first kappa shape index (κ1) is 13.1. The van der Waals surface area contributed by atoms with Crippen LogP contribution in [-0.2, 0) is 0 Å². The van der Waals surface area contributed by atoms with Crippen LogP contribution in [0.15, 0.2) is 6.07 Å². The third kappa shape index (κ3) is 3.32. The first-order valence-corrected chi connectivity index (χ1v) is 6.47. The second kappa shape index (κ2) is 5.10. The monoisotopic (exact) mass is 250 g/mol. The van der Waals surface area contributed by atoms with E-state index in [4.69, 9.17) is 10.6 Å². The molecule has 0 spiro atoms. The van der Waals surface area contributed by atoms with Gasteiger partial charge in [-0.1, -0.05) is 13.8 Å². The minimum absolute atomic E-state index is 0.262. The molecule has 0 aromatic carbocycles. The first-order chi connectivity index (χ1) is 8.48. The molecule has 1 aliphatic rings. The fraction of sp³-hybridized carbons (Fsp3) is 0.692. The van der Waals surface area contributed by atoms with Crippen molar-refractivity contribution in [2.75, 3.05) is 5.43 Å². The van der Waals surface area contributed by atoms with Crippen LogP contribution in [0.5, 0.6) is 5.88 Å². The number of hydrazine groups is 1. The summed E-state index contributed by atoms with van der Waals surface area (Å²) in [7, 11) is 0. The summed E-state index contributed by atoms with van der Waals surface area (Å²) in [4.78, 5) is 8.35. The SMILES string of the molecule is Cc1cc(OC2CCC(C)(C)CC2)nc(NN)n1. The number of aryl methyl sites for hydroxylation is 1. The maximum absolute atomic E-state index is 5.93. The van der Waals surface area contributed by atoms with Gasteiger partial charge in [-0.3, -0.25) is 5.43 Å². The third-order valence-corrected chi connectivity index (χ3v) is 3.53. The summed E-state index contributed by atoms with van der Waals surface area (Å²) in [6.45, 7) is 6.53. The highest BCUT2D eigenvalue weighted by molar-refractivity contribution is 5.29. The van der Waals surface area contributed by atoms with Crippen LogP contribution in [0.1, 0.15) is 45.2 Å². The molecular formula is C13H22N4O. The first-order valence-electron chi connectivity index (χ1n) is 6.47. The molecule has 100 valence electrons. The molecule has 18 heavy (non-hydrogen) atoms. The summed E-state index contributed by atoms with van der Waals surface area (Å²) in [6, 6.07) is 1.85. The Labute approximate surface area is 108 Å². The molecule has 0 saturated heterocycles. The Bertz CT molecular complexity index is 409. The zero-order chi connectivity index (χ0) is 13.2. The molecule has 1 fully saturated rings. The molecule has 2 rings (SSSR count). The van der Waals surface area contributed by atoms with Crippen molar-refractivity contribution in [1.82, 2.24) is 9.97 Å². The number of nitrogen functional groups attached to an aromatic ring is 1. The van der Waals surface area contributed by atoms with E-state index in [1.165, 1.54) is 12.8 Å². The maximum Gasteiger partial charge on any atom is 0.240 e. The molecule has 1 saturated carbocycles. The van der Waals surface area contributed by atoms with Gasteiger partial charge in [0.25, 0.3) is 0 Å². The van der Waals surface area contributed by atoms with E-state index in [2.05, 4.69) is 29.2 Å². The van der Waals surface area contributed by atoms with Crippen molar-refractivity contribution in [3.63, 3.8) is 0 Å². The molecule has 5 nitrogen and oxygen atoms in total. The van der Waals surface area contributed by atoms with Crippen molar-refractivity contribution in [2.45, 2.75) is 52.6 Å². The predicted octanol–water partition coefficient (Wildman–Crippen LogP) is 2.42. The standard InChI is InChI=1S/C13H22N4O/c1-9-8-11(16-12(15-9)17-14)18-10-4-6-13(2,3)7-5-10/h8,10H,4-7,14H2,1-3H3,(H,15,16,17). The quantitative estimate of drug-likeness (QED) is 0.636. The van der Waals surface area contributed by atoms with Crippen molar-refractivity contribution in [1.29, 1.82) is 0 Å². The number of hydrogen-bond donors (Lipinski definition) is 2. The van der Waals surface area contributed by atoms with Gasteiger partial charge < -0.3 is 4.74 Å². The molecule has 0 radical (unpaired) electrons. The average Bonchev–Trinajstić information content (AvgIpc) is 2.31. The molecule has 0 atom stereocenters. The van der Waals surface area contributed by atoms with Gasteiger partial charge in [-0.05, 0) is 38.0 Å². The zero-order valence-electron chi connectivity index (χ0n) is 11.4. The van der Waals surface area contributed by atoms with Crippen LogP contribution >= 0.6 is 0 Å². The van der Waals surface area contributed by atoms with E-state index < -0.39 is 0 Å². The van der Waals surface area contributed by atoms with Crippen molar-refractivity contribution in [3.8, 4) is 5.88 Å². The van der Waals surface area contributed by atoms with Crippen molar-refractivity contribution >= 4 is 5.95 Å². The molecule has 1 aromatic rings. The van der Waals surface area contributed by atoms with Crippen LogP contribution < -0.4 is 16.0 Å². The van der Waals surface area contributed by atoms with Crippen LogP contribution in [0.2, 0.25) is 0 Å². The summed E-state index contributed by atoms with van der Waals surface area (Å²) in [5.74, 6) is 6.34. The lowest BCUT2D eigenvalue weighted by Gasteiger charge is -2.34. The molecule has 3 N–H and O–H groups in total. The van der Waals surface area contributed by atoms with Crippen molar-refractivity contribution in [2.24, 2.45) is 11.3 Å². The molecule has 1 heterocycles. The van der Waals surface area contributed by atoms with Crippen molar-refractivity contribution < 1.29 is 4.74 Å². The maximum atomic E-state index is 5.93. The molecule has 0 unspecified atom stereocenters. The number of aromatic nitrogens is 2. The lowest BCUT2D eigenvalue weighted by Crippen LogP contribution is -2.28. The fourth-order valence-corrected chi connectivity index (χ4v) is 2.33. The summed E-state index contributed by atoms with van der Waals surface area (Å²) in [5.41, 5.74) is 3.76. The van der Waals surface area contributed by atoms with Gasteiger partial charge in [-0.25, -0.2) is 10.8 Å². The van der Waals surface area contributed by atoms with E-state index in [1.807, 2.05) is 13.0 Å². The number of nitrogens with two attached hydrogens (primary N) is 1. The number of anilines is 1. The van der Waals surface area contributed by atoms with E-state index in [-0.39, 0.29) is 6.10 Å². The summed E-state index contributed by atoms with van der Waals surface area (Å²) < 4.78 is 5.93. The second-order valence-electron chi connectivity index (χ2n) is 5.80. The van der Waals surface area contributed by atoms with E-state index in [0.29, 0.717) is 17.2 Å². The number of nitrogens with one attached hydrogen (secondary N) is 1. The van der Waals surface area contributed by atoms with E-state index in [9.17, 15) is 0 Å². The summed E-state index contributed by atoms with van der Waals surface area (Å²) in [6.07, 6.45) is 4.83. The lowest BCUT2D eigenvalue weighted by atomic mass is 9.76. The number of nitrogens with zero attached hydrogens (tertiary/aromatic N) is 2. The Kier molecular flexibility index (Phi) is 3.71.